The number of aromatic nitrogens is 1. The molecule has 0 radical (unpaired) electrons. The van der Waals surface area contributed by atoms with Gasteiger partial charge in [0.15, 0.2) is 5.76 Å². The predicted molar refractivity (Wildman–Crippen MR) is 81.1 cm³/mol. The molecule has 4 heteroatoms. The predicted octanol–water partition coefficient (Wildman–Crippen LogP) is 2.66. The number of para-hydroxylation sites is 1. The van der Waals surface area contributed by atoms with Crippen LogP contribution in [0, 0.1) is 0 Å². The van der Waals surface area contributed by atoms with E-state index in [2.05, 4.69) is 4.98 Å². The summed E-state index contributed by atoms with van der Waals surface area (Å²) in [6.45, 7) is 3.97. The minimum absolute atomic E-state index is 0.115. The Hall–Kier alpha value is -2.33. The molecule has 2 aromatic heterocycles. The third-order valence-electron chi connectivity index (χ3n) is 3.84. The lowest BCUT2D eigenvalue weighted by atomic mass is 10.0. The molecular weight excluding hydrogens is 264 g/mol. The van der Waals surface area contributed by atoms with Crippen LogP contribution in [0.5, 0.6) is 0 Å². The first-order valence-corrected chi connectivity index (χ1v) is 7.15. The highest BCUT2D eigenvalue weighted by Crippen LogP contribution is 2.19. The van der Waals surface area contributed by atoms with Crippen molar-refractivity contribution >= 4 is 16.7 Å². The summed E-state index contributed by atoms with van der Waals surface area (Å²) in [6.07, 6.45) is 3.46. The topological polar surface area (TPSA) is 62.6 Å². The summed E-state index contributed by atoms with van der Waals surface area (Å²) in [7, 11) is 0. The van der Waals surface area contributed by atoms with Crippen molar-refractivity contribution in [1.29, 1.82) is 0 Å². The summed E-state index contributed by atoms with van der Waals surface area (Å²) in [4.78, 5) is 15.8. The standard InChI is InChI=1S/C17H18N2O2/c1-11(16-8-5-9-21-16)19-12(2)17(20)14-10-18-15-7-4-3-6-13(14)15/h3-12,18-19H,1-2H3/p+1/t11-,12+/m1/s1. The number of hydrogen-bond acceptors (Lipinski definition) is 2. The molecule has 0 saturated carbocycles. The number of carbonyl (C=O) groups excluding carboxylic acids is 1. The van der Waals surface area contributed by atoms with E-state index in [9.17, 15) is 4.79 Å². The van der Waals surface area contributed by atoms with E-state index in [-0.39, 0.29) is 17.9 Å². The molecule has 0 fully saturated rings. The number of nitrogens with one attached hydrogen (secondary N) is 1. The van der Waals surface area contributed by atoms with Gasteiger partial charge in [-0.25, -0.2) is 0 Å². The molecule has 0 saturated heterocycles. The molecule has 0 bridgehead atoms. The Kier molecular flexibility index (Phi) is 3.62. The quantitative estimate of drug-likeness (QED) is 0.707. The van der Waals surface area contributed by atoms with Gasteiger partial charge in [0.1, 0.15) is 12.1 Å². The van der Waals surface area contributed by atoms with Crippen molar-refractivity contribution in [2.24, 2.45) is 0 Å². The molecule has 2 heterocycles. The van der Waals surface area contributed by atoms with Gasteiger partial charge in [0, 0.05) is 22.7 Å². The number of ketones is 1. The molecule has 1 aromatic carbocycles. The van der Waals surface area contributed by atoms with E-state index in [1.54, 1.807) is 12.5 Å². The third-order valence-corrected chi connectivity index (χ3v) is 3.84. The molecule has 3 N–H and O–H groups in total. The molecule has 0 aliphatic carbocycles. The first-order valence-electron chi connectivity index (χ1n) is 7.15. The van der Waals surface area contributed by atoms with Gasteiger partial charge in [-0.05, 0) is 32.0 Å². The third kappa shape index (κ3) is 2.62. The lowest BCUT2D eigenvalue weighted by Crippen LogP contribution is -2.91. The molecule has 108 valence electrons. The maximum atomic E-state index is 12.6. The summed E-state index contributed by atoms with van der Waals surface area (Å²) < 4.78 is 5.39. The summed E-state index contributed by atoms with van der Waals surface area (Å²) in [6, 6.07) is 11.6. The first kappa shape index (κ1) is 13.6. The number of Topliss-reactive ketones (excluding diaryl/α,β-unsaturated/α-hetero) is 1. The lowest BCUT2D eigenvalue weighted by molar-refractivity contribution is -0.710. The normalized spacial score (nSPS) is 14.2. The van der Waals surface area contributed by atoms with Gasteiger partial charge in [0.05, 0.1) is 6.26 Å². The van der Waals surface area contributed by atoms with Gasteiger partial charge in [-0.2, -0.15) is 0 Å². The lowest BCUT2D eigenvalue weighted by Gasteiger charge is -2.14. The van der Waals surface area contributed by atoms with Crippen molar-refractivity contribution in [2.75, 3.05) is 0 Å². The van der Waals surface area contributed by atoms with Crippen LogP contribution in [0.25, 0.3) is 10.9 Å². The SMILES string of the molecule is C[C@H]([NH2+][C@H](C)c1ccco1)C(=O)c1c[nH]c2ccccc12. The number of nitrogens with two attached hydrogens (primary N) is 1. The number of rotatable bonds is 5. The van der Waals surface area contributed by atoms with Gasteiger partial charge in [0.25, 0.3) is 0 Å². The molecule has 3 aromatic rings. The smallest absolute Gasteiger partial charge is 0.221 e. The van der Waals surface area contributed by atoms with Gasteiger partial charge in [-0.3, -0.25) is 4.79 Å². The number of quaternary nitrogens is 1. The maximum Gasteiger partial charge on any atom is 0.221 e. The number of hydrogen-bond donors (Lipinski definition) is 2. The molecule has 4 nitrogen and oxygen atoms in total. The first-order chi connectivity index (χ1) is 10.2. The molecule has 2 atom stereocenters. The van der Waals surface area contributed by atoms with Gasteiger partial charge in [-0.1, -0.05) is 18.2 Å². The van der Waals surface area contributed by atoms with Crippen molar-refractivity contribution < 1.29 is 14.5 Å². The number of benzene rings is 1. The number of H-pyrrole nitrogens is 1. The minimum atomic E-state index is -0.163. The second kappa shape index (κ2) is 5.58. The van der Waals surface area contributed by atoms with E-state index >= 15 is 0 Å². The van der Waals surface area contributed by atoms with E-state index in [1.807, 2.05) is 55.6 Å². The largest absolute Gasteiger partial charge is 0.463 e. The molecule has 21 heavy (non-hydrogen) atoms. The van der Waals surface area contributed by atoms with Crippen LogP contribution in [0.15, 0.2) is 53.3 Å². The average molecular weight is 283 g/mol. The average Bonchev–Trinajstić information content (AvgIpc) is 3.15. The van der Waals surface area contributed by atoms with Crippen LogP contribution < -0.4 is 5.32 Å². The second-order valence-electron chi connectivity index (χ2n) is 5.40. The number of fused-ring (bicyclic) bond motifs is 1. The van der Waals surface area contributed by atoms with Gasteiger partial charge in [-0.15, -0.1) is 0 Å². The maximum absolute atomic E-state index is 12.6. The zero-order chi connectivity index (χ0) is 14.8. The second-order valence-corrected chi connectivity index (χ2v) is 5.40. The van der Waals surface area contributed by atoms with Crippen LogP contribution >= 0.6 is 0 Å². The van der Waals surface area contributed by atoms with Crippen molar-refractivity contribution in [3.63, 3.8) is 0 Å². The van der Waals surface area contributed by atoms with Gasteiger partial charge in [0.2, 0.25) is 5.78 Å². The fourth-order valence-corrected chi connectivity index (χ4v) is 2.69. The van der Waals surface area contributed by atoms with Gasteiger partial charge >= 0.3 is 0 Å². The van der Waals surface area contributed by atoms with Crippen LogP contribution in [0.1, 0.15) is 36.0 Å². The molecule has 0 unspecified atom stereocenters. The Morgan fingerprint density at radius 2 is 2.00 bits per heavy atom. The molecule has 0 aliphatic rings. The highest BCUT2D eigenvalue weighted by Gasteiger charge is 2.24. The fourth-order valence-electron chi connectivity index (χ4n) is 2.69. The van der Waals surface area contributed by atoms with Crippen LogP contribution in [-0.2, 0) is 0 Å². The Bertz CT molecular complexity index is 743. The van der Waals surface area contributed by atoms with Crippen molar-refractivity contribution in [3.8, 4) is 0 Å². The summed E-state index contributed by atoms with van der Waals surface area (Å²) >= 11 is 0. The number of aromatic amines is 1. The van der Waals surface area contributed by atoms with E-state index < -0.39 is 0 Å². The number of furan rings is 1. The molecule has 0 aliphatic heterocycles. The Labute approximate surface area is 123 Å². The zero-order valence-corrected chi connectivity index (χ0v) is 12.2. The zero-order valence-electron chi connectivity index (χ0n) is 12.2. The minimum Gasteiger partial charge on any atom is -0.463 e. The van der Waals surface area contributed by atoms with Crippen molar-refractivity contribution in [1.82, 2.24) is 4.98 Å². The fraction of sp³-hybridized carbons (Fsp3) is 0.235. The highest BCUT2D eigenvalue weighted by atomic mass is 16.3. The Morgan fingerprint density at radius 3 is 2.76 bits per heavy atom. The van der Waals surface area contributed by atoms with Crippen LogP contribution in [0.3, 0.4) is 0 Å². The summed E-state index contributed by atoms with van der Waals surface area (Å²) in [5.41, 5.74) is 1.74. The molecule has 0 spiro atoms. The number of carbonyl (C=O) groups is 1. The van der Waals surface area contributed by atoms with Crippen molar-refractivity contribution in [3.05, 3.63) is 60.2 Å². The summed E-state index contributed by atoms with van der Waals surface area (Å²) in [5, 5.41) is 3.01. The van der Waals surface area contributed by atoms with E-state index in [1.165, 1.54) is 0 Å². The van der Waals surface area contributed by atoms with E-state index in [0.29, 0.717) is 0 Å². The molecule has 3 rings (SSSR count). The van der Waals surface area contributed by atoms with Crippen molar-refractivity contribution in [2.45, 2.75) is 25.9 Å². The highest BCUT2D eigenvalue weighted by molar-refractivity contribution is 6.09. The molecule has 0 amide bonds. The molecular formula is C17H19N2O2+. The summed E-state index contributed by atoms with van der Waals surface area (Å²) in [5.74, 6) is 1.01. The van der Waals surface area contributed by atoms with Crippen LogP contribution in [-0.4, -0.2) is 16.8 Å². The van der Waals surface area contributed by atoms with E-state index in [0.717, 1.165) is 22.2 Å². The van der Waals surface area contributed by atoms with Crippen LogP contribution in [0.2, 0.25) is 0 Å². The van der Waals surface area contributed by atoms with Gasteiger partial charge < -0.3 is 14.7 Å². The van der Waals surface area contributed by atoms with E-state index in [4.69, 9.17) is 4.42 Å². The Morgan fingerprint density at radius 1 is 1.19 bits per heavy atom. The van der Waals surface area contributed by atoms with Crippen LogP contribution in [0.4, 0.5) is 0 Å². The Balaban J connectivity index is 1.78. The monoisotopic (exact) mass is 283 g/mol.